The molecule has 0 radical (unpaired) electrons. The second kappa shape index (κ2) is 10.4. The normalized spacial score (nSPS) is 28.5. The minimum absolute atomic E-state index is 0. The summed E-state index contributed by atoms with van der Waals surface area (Å²) in [6, 6.07) is 19.4. The molecule has 0 aromatic heterocycles. The number of benzene rings is 3. The Bertz CT molecular complexity index is 1300. The molecule has 3 aromatic carbocycles. The van der Waals surface area contributed by atoms with Crippen molar-refractivity contribution in [1.82, 2.24) is 0 Å². The number of carbonyl (C=O) groups excluding carboxylic acids is 2. The van der Waals surface area contributed by atoms with Gasteiger partial charge in [-0.1, -0.05) is 42.5 Å². The fourth-order valence-corrected chi connectivity index (χ4v) is 4.55. The van der Waals surface area contributed by atoms with Crippen LogP contribution in [0.15, 0.2) is 72.8 Å². The van der Waals surface area contributed by atoms with Crippen LogP contribution in [0.5, 0.6) is 11.5 Å². The van der Waals surface area contributed by atoms with Gasteiger partial charge in [-0.15, -0.1) is 0 Å². The smallest absolute Gasteiger partial charge is 0.547 e. The molecule has 10 nitrogen and oxygen atoms in total. The Morgan fingerprint density at radius 1 is 0.865 bits per heavy atom. The minimum Gasteiger partial charge on any atom is -0.547 e. The Hall–Kier alpha value is -2.96. The van der Waals surface area contributed by atoms with Crippen molar-refractivity contribution in [3.63, 3.8) is 0 Å². The molecular formula is C26H21NaO10. The molecule has 3 aromatic rings. The number of ether oxygens (including phenoxy) is 3. The molecular weight excluding hydrogens is 495 g/mol. The number of hydrogen-bond acceptors (Lipinski definition) is 10. The van der Waals surface area contributed by atoms with E-state index in [4.69, 9.17) is 14.2 Å². The van der Waals surface area contributed by atoms with E-state index in [2.05, 4.69) is 0 Å². The molecule has 2 aliphatic heterocycles. The van der Waals surface area contributed by atoms with Crippen molar-refractivity contribution in [2.45, 2.75) is 36.3 Å². The minimum atomic E-state index is -1.90. The quantitative estimate of drug-likeness (QED) is 0.200. The molecule has 186 valence electrons. The van der Waals surface area contributed by atoms with E-state index in [9.17, 15) is 35.1 Å². The predicted molar refractivity (Wildman–Crippen MR) is 119 cm³/mol. The van der Waals surface area contributed by atoms with Crippen molar-refractivity contribution >= 4 is 11.9 Å². The third kappa shape index (κ3) is 4.62. The number of carboxylic acid groups (broad SMARTS) is 1. The van der Waals surface area contributed by atoms with Crippen LogP contribution in [0.25, 0.3) is 0 Å². The topological polar surface area (TPSA) is 166 Å². The molecule has 4 N–H and O–H groups in total. The van der Waals surface area contributed by atoms with E-state index in [1.165, 1.54) is 24.3 Å². The summed E-state index contributed by atoms with van der Waals surface area (Å²) < 4.78 is 16.6. The van der Waals surface area contributed by atoms with Gasteiger partial charge in [-0.3, -0.25) is 0 Å². The molecule has 1 saturated heterocycles. The van der Waals surface area contributed by atoms with E-state index in [1.807, 2.05) is 0 Å². The standard InChI is InChI=1S/C26H22O10.Na/c27-15-9-5-13(6-10-15)26(18-4-2-1-3-17(18)24(33)36-26)14-7-11-16(12-8-14)34-25-21(30)19(28)20(29)22(35-25)23(31)32;/h1-12,19-22,25,27-30H,(H,31,32);/q;+1/p-1/t19-,20-,21+,22-,25?,26?;/m0./s1. The van der Waals surface area contributed by atoms with E-state index in [-0.39, 0.29) is 41.1 Å². The van der Waals surface area contributed by atoms with Gasteiger partial charge in [0.2, 0.25) is 6.29 Å². The fraction of sp³-hybridized carbons (Fsp3) is 0.231. The number of aromatic hydroxyl groups is 1. The number of fused-ring (bicyclic) bond motifs is 1. The van der Waals surface area contributed by atoms with Gasteiger partial charge in [0, 0.05) is 16.7 Å². The summed E-state index contributed by atoms with van der Waals surface area (Å²) in [5.74, 6) is -2.10. The van der Waals surface area contributed by atoms with Gasteiger partial charge in [0.15, 0.2) is 5.60 Å². The van der Waals surface area contributed by atoms with E-state index in [1.54, 1.807) is 48.5 Å². The Morgan fingerprint density at radius 3 is 2.08 bits per heavy atom. The zero-order chi connectivity index (χ0) is 25.6. The number of hydrogen-bond donors (Lipinski definition) is 4. The number of aliphatic carboxylic acids is 1. The van der Waals surface area contributed by atoms with Crippen molar-refractivity contribution in [3.05, 3.63) is 95.1 Å². The SMILES string of the molecule is O=C1OC(c2ccc(O)cc2)(c2ccc(OC3O[C@H](C(=O)[O-])[C@@H](O)[C@H](O)[C@H]3O)cc2)c2ccccc21.[Na+]. The molecule has 2 aliphatic rings. The largest absolute Gasteiger partial charge is 1.00 e. The van der Waals surface area contributed by atoms with Gasteiger partial charge in [-0.25, -0.2) is 4.79 Å². The van der Waals surface area contributed by atoms with Crippen LogP contribution < -0.4 is 39.4 Å². The summed E-state index contributed by atoms with van der Waals surface area (Å²) in [6.45, 7) is 0. The van der Waals surface area contributed by atoms with Gasteiger partial charge in [0.05, 0.1) is 11.5 Å². The van der Waals surface area contributed by atoms with Crippen LogP contribution >= 0.6 is 0 Å². The summed E-state index contributed by atoms with van der Waals surface area (Å²) in [5.41, 5.74) is 0.820. The maximum Gasteiger partial charge on any atom is 1.00 e. The third-order valence-corrected chi connectivity index (χ3v) is 6.36. The molecule has 37 heavy (non-hydrogen) atoms. The Balaban J connectivity index is 0.00000320. The summed E-state index contributed by atoms with van der Waals surface area (Å²) in [5, 5.41) is 51.0. The molecule has 5 rings (SSSR count). The van der Waals surface area contributed by atoms with Crippen LogP contribution in [0.4, 0.5) is 0 Å². The van der Waals surface area contributed by atoms with Crippen molar-refractivity contribution in [1.29, 1.82) is 0 Å². The number of phenolic OH excluding ortho intramolecular Hbond substituents is 1. The zero-order valence-corrected chi connectivity index (χ0v) is 21.6. The molecule has 0 saturated carbocycles. The number of carboxylic acids is 1. The molecule has 6 atom stereocenters. The van der Waals surface area contributed by atoms with Gasteiger partial charge >= 0.3 is 35.5 Å². The van der Waals surface area contributed by atoms with E-state index in [0.717, 1.165) is 0 Å². The summed E-state index contributed by atoms with van der Waals surface area (Å²) in [6.07, 6.45) is -8.97. The van der Waals surface area contributed by atoms with Gasteiger partial charge in [-0.2, -0.15) is 0 Å². The van der Waals surface area contributed by atoms with Crippen LogP contribution in [0, 0.1) is 0 Å². The van der Waals surface area contributed by atoms with Crippen molar-refractivity contribution in [3.8, 4) is 11.5 Å². The molecule has 0 aliphatic carbocycles. The Labute approximate surface area is 233 Å². The van der Waals surface area contributed by atoms with Gasteiger partial charge in [-0.05, 0) is 30.3 Å². The summed E-state index contributed by atoms with van der Waals surface area (Å²) >= 11 is 0. The Morgan fingerprint density at radius 2 is 1.46 bits per heavy atom. The van der Waals surface area contributed by atoms with E-state index in [0.29, 0.717) is 22.3 Å². The van der Waals surface area contributed by atoms with Gasteiger partial charge in [0.25, 0.3) is 0 Å². The van der Waals surface area contributed by atoms with Crippen molar-refractivity contribution < 1.29 is 78.9 Å². The molecule has 1 fully saturated rings. The number of phenols is 1. The number of cyclic esters (lactones) is 1. The molecule has 11 heteroatoms. The van der Waals surface area contributed by atoms with Crippen molar-refractivity contribution in [2.75, 3.05) is 0 Å². The average Bonchev–Trinajstić information content (AvgIpc) is 3.18. The van der Waals surface area contributed by atoms with E-state index < -0.39 is 48.2 Å². The first kappa shape index (κ1) is 27.1. The number of aliphatic hydroxyl groups is 3. The second-order valence-electron chi connectivity index (χ2n) is 8.52. The van der Waals surface area contributed by atoms with Gasteiger partial charge < -0.3 is 44.5 Å². The number of carbonyl (C=O) groups is 2. The van der Waals surface area contributed by atoms with Crippen LogP contribution in [0.2, 0.25) is 0 Å². The first-order chi connectivity index (χ1) is 17.2. The van der Waals surface area contributed by atoms with Gasteiger partial charge in [0.1, 0.15) is 35.9 Å². The first-order valence-corrected chi connectivity index (χ1v) is 11.0. The molecule has 0 spiro atoms. The molecule has 0 amide bonds. The van der Waals surface area contributed by atoms with E-state index >= 15 is 0 Å². The molecule has 2 heterocycles. The average molecular weight is 516 g/mol. The van der Waals surface area contributed by atoms with Crippen LogP contribution in [-0.4, -0.2) is 63.1 Å². The molecule has 2 unspecified atom stereocenters. The summed E-state index contributed by atoms with van der Waals surface area (Å²) in [7, 11) is 0. The maximum atomic E-state index is 12.8. The predicted octanol–water partition coefficient (Wildman–Crippen LogP) is -3.21. The number of esters is 1. The van der Waals surface area contributed by atoms with Crippen LogP contribution in [-0.2, 0) is 19.9 Å². The first-order valence-electron chi connectivity index (χ1n) is 11.0. The molecule has 0 bridgehead atoms. The third-order valence-electron chi connectivity index (χ3n) is 6.36. The summed E-state index contributed by atoms with van der Waals surface area (Å²) in [4.78, 5) is 24.0. The van der Waals surface area contributed by atoms with Crippen molar-refractivity contribution in [2.24, 2.45) is 0 Å². The maximum absolute atomic E-state index is 12.8. The monoisotopic (exact) mass is 516 g/mol. The zero-order valence-electron chi connectivity index (χ0n) is 19.6. The number of aliphatic hydroxyl groups excluding tert-OH is 3. The van der Waals surface area contributed by atoms with Crippen LogP contribution in [0.1, 0.15) is 27.0 Å². The number of rotatable bonds is 5. The van der Waals surface area contributed by atoms with Crippen LogP contribution in [0.3, 0.4) is 0 Å². The Kier molecular flexibility index (Phi) is 7.63. The fourth-order valence-electron chi connectivity index (χ4n) is 4.55. The second-order valence-corrected chi connectivity index (χ2v) is 8.52.